The van der Waals surface area contributed by atoms with Gasteiger partial charge in [-0.3, -0.25) is 4.68 Å². The van der Waals surface area contributed by atoms with Gasteiger partial charge in [-0.25, -0.2) is 9.78 Å². The minimum absolute atomic E-state index is 0.112. The summed E-state index contributed by atoms with van der Waals surface area (Å²) < 4.78 is 1.74. The summed E-state index contributed by atoms with van der Waals surface area (Å²) >= 11 is 0. The lowest BCUT2D eigenvalue weighted by Gasteiger charge is -2.07. The number of pyridine rings is 1. The van der Waals surface area contributed by atoms with Gasteiger partial charge in [-0.1, -0.05) is 0 Å². The highest BCUT2D eigenvalue weighted by molar-refractivity contribution is 5.88. The van der Waals surface area contributed by atoms with Crippen LogP contribution in [0, 0.1) is 0 Å². The van der Waals surface area contributed by atoms with Crippen molar-refractivity contribution >= 4 is 11.8 Å². The van der Waals surface area contributed by atoms with Crippen LogP contribution in [0.15, 0.2) is 24.7 Å². The number of hydrogen-bond acceptors (Lipinski definition) is 4. The smallest absolute Gasteiger partial charge is 0.337 e. The van der Waals surface area contributed by atoms with Gasteiger partial charge < -0.3 is 10.4 Å². The number of aryl methyl sites for hydroxylation is 1. The van der Waals surface area contributed by atoms with E-state index in [4.69, 9.17) is 5.11 Å². The second-order valence-corrected chi connectivity index (χ2v) is 4.35. The Morgan fingerprint density at radius 1 is 1.56 bits per heavy atom. The van der Waals surface area contributed by atoms with Crippen LogP contribution in [0.2, 0.25) is 0 Å². The van der Waals surface area contributed by atoms with Crippen LogP contribution in [0.3, 0.4) is 0 Å². The molecule has 6 heteroatoms. The SMILES string of the molecule is Cn1cc(C2CNc3ncc(C(=O)O)cc32)cn1. The van der Waals surface area contributed by atoms with Crippen molar-refractivity contribution in [3.63, 3.8) is 0 Å². The summed E-state index contributed by atoms with van der Waals surface area (Å²) in [6.45, 7) is 0.719. The molecule has 3 rings (SSSR count). The Morgan fingerprint density at radius 3 is 3.06 bits per heavy atom. The number of carboxylic acids is 1. The lowest BCUT2D eigenvalue weighted by atomic mass is 9.96. The fourth-order valence-corrected chi connectivity index (χ4v) is 2.24. The van der Waals surface area contributed by atoms with Crippen molar-refractivity contribution in [2.75, 3.05) is 11.9 Å². The predicted octanol–water partition coefficient (Wildman–Crippen LogP) is 1.07. The minimum Gasteiger partial charge on any atom is -0.478 e. The molecule has 0 bridgehead atoms. The second-order valence-electron chi connectivity index (χ2n) is 4.35. The normalized spacial score (nSPS) is 17.3. The van der Waals surface area contributed by atoms with Gasteiger partial charge >= 0.3 is 5.97 Å². The molecule has 1 unspecified atom stereocenters. The third-order valence-electron chi connectivity index (χ3n) is 3.14. The highest BCUT2D eigenvalue weighted by atomic mass is 16.4. The van der Waals surface area contributed by atoms with Crippen LogP contribution in [-0.4, -0.2) is 32.4 Å². The first-order valence-corrected chi connectivity index (χ1v) is 5.61. The zero-order valence-electron chi connectivity index (χ0n) is 9.79. The zero-order chi connectivity index (χ0) is 12.7. The van der Waals surface area contributed by atoms with E-state index in [2.05, 4.69) is 15.4 Å². The first kappa shape index (κ1) is 10.8. The maximum Gasteiger partial charge on any atom is 0.337 e. The number of aromatic nitrogens is 3. The van der Waals surface area contributed by atoms with Crippen molar-refractivity contribution in [2.45, 2.75) is 5.92 Å². The molecule has 0 fully saturated rings. The molecule has 1 aliphatic rings. The Balaban J connectivity index is 2.04. The van der Waals surface area contributed by atoms with Gasteiger partial charge in [0.15, 0.2) is 0 Å². The van der Waals surface area contributed by atoms with Crippen molar-refractivity contribution in [1.29, 1.82) is 0 Å². The van der Waals surface area contributed by atoms with E-state index in [-0.39, 0.29) is 11.5 Å². The van der Waals surface area contributed by atoms with Gasteiger partial charge in [0.1, 0.15) is 5.82 Å². The average molecular weight is 244 g/mol. The number of carboxylic acid groups (broad SMARTS) is 1. The number of nitrogens with one attached hydrogen (secondary N) is 1. The van der Waals surface area contributed by atoms with E-state index in [9.17, 15) is 4.79 Å². The third-order valence-corrected chi connectivity index (χ3v) is 3.14. The summed E-state index contributed by atoms with van der Waals surface area (Å²) in [6, 6.07) is 1.68. The molecule has 1 aliphatic heterocycles. The van der Waals surface area contributed by atoms with Crippen LogP contribution >= 0.6 is 0 Å². The molecular weight excluding hydrogens is 232 g/mol. The van der Waals surface area contributed by atoms with E-state index >= 15 is 0 Å². The third kappa shape index (κ3) is 1.62. The Morgan fingerprint density at radius 2 is 2.39 bits per heavy atom. The lowest BCUT2D eigenvalue weighted by Crippen LogP contribution is -2.03. The largest absolute Gasteiger partial charge is 0.478 e. The Hall–Kier alpha value is -2.37. The number of carbonyl (C=O) groups is 1. The van der Waals surface area contributed by atoms with Gasteiger partial charge in [-0.15, -0.1) is 0 Å². The van der Waals surface area contributed by atoms with Gasteiger partial charge in [-0.2, -0.15) is 5.10 Å². The van der Waals surface area contributed by atoms with E-state index in [1.54, 1.807) is 16.9 Å². The molecule has 92 valence electrons. The van der Waals surface area contributed by atoms with Crippen LogP contribution in [0.25, 0.3) is 0 Å². The lowest BCUT2D eigenvalue weighted by molar-refractivity contribution is 0.0696. The molecule has 0 saturated carbocycles. The topological polar surface area (TPSA) is 80.0 Å². The van der Waals surface area contributed by atoms with Crippen LogP contribution in [0.4, 0.5) is 5.82 Å². The molecule has 6 nitrogen and oxygen atoms in total. The van der Waals surface area contributed by atoms with Crippen LogP contribution in [-0.2, 0) is 7.05 Å². The van der Waals surface area contributed by atoms with Gasteiger partial charge in [0.05, 0.1) is 11.8 Å². The molecule has 0 radical (unpaired) electrons. The van der Waals surface area contributed by atoms with Gasteiger partial charge in [0, 0.05) is 37.5 Å². The summed E-state index contributed by atoms with van der Waals surface area (Å²) in [7, 11) is 1.86. The standard InChI is InChI=1S/C12H12N4O2/c1-16-6-8(4-15-16)10-5-14-11-9(10)2-7(3-13-11)12(17)18/h2-4,6,10H,5H2,1H3,(H,13,14)(H,17,18). The fraction of sp³-hybridized carbons (Fsp3) is 0.250. The number of aromatic carboxylic acids is 1. The molecule has 3 heterocycles. The summed E-state index contributed by atoms with van der Waals surface area (Å²) in [6.07, 6.45) is 5.11. The maximum absolute atomic E-state index is 11.0. The Labute approximate surface area is 103 Å². The molecule has 18 heavy (non-hydrogen) atoms. The highest BCUT2D eigenvalue weighted by Gasteiger charge is 2.26. The highest BCUT2D eigenvalue weighted by Crippen LogP contribution is 2.34. The Bertz CT molecular complexity index is 620. The van der Waals surface area contributed by atoms with E-state index < -0.39 is 5.97 Å². The van der Waals surface area contributed by atoms with E-state index in [1.807, 2.05) is 13.2 Å². The second kappa shape index (κ2) is 3.83. The summed E-state index contributed by atoms with van der Waals surface area (Å²) in [5.41, 5.74) is 2.20. The van der Waals surface area contributed by atoms with Crippen LogP contribution < -0.4 is 5.32 Å². The molecule has 0 amide bonds. The maximum atomic E-state index is 11.0. The molecular formula is C12H12N4O2. The van der Waals surface area contributed by atoms with Gasteiger partial charge in [-0.05, 0) is 11.6 Å². The zero-order valence-corrected chi connectivity index (χ0v) is 9.79. The van der Waals surface area contributed by atoms with E-state index in [0.29, 0.717) is 0 Å². The molecule has 0 aromatic carbocycles. The molecule has 0 spiro atoms. The van der Waals surface area contributed by atoms with Crippen molar-refractivity contribution in [3.05, 3.63) is 41.3 Å². The quantitative estimate of drug-likeness (QED) is 0.826. The summed E-state index contributed by atoms with van der Waals surface area (Å²) in [5, 5.41) is 16.3. The average Bonchev–Trinajstić information content (AvgIpc) is 2.93. The monoisotopic (exact) mass is 244 g/mol. The van der Waals surface area contributed by atoms with Crippen molar-refractivity contribution in [1.82, 2.24) is 14.8 Å². The number of nitrogens with zero attached hydrogens (tertiary/aromatic N) is 3. The molecule has 0 saturated heterocycles. The van der Waals surface area contributed by atoms with Crippen molar-refractivity contribution in [3.8, 4) is 0 Å². The van der Waals surface area contributed by atoms with Gasteiger partial charge in [0.25, 0.3) is 0 Å². The predicted molar refractivity (Wildman–Crippen MR) is 64.7 cm³/mol. The Kier molecular flexibility index (Phi) is 2.29. The van der Waals surface area contributed by atoms with E-state index in [1.165, 1.54) is 6.20 Å². The first-order chi connectivity index (χ1) is 8.65. The number of fused-ring (bicyclic) bond motifs is 1. The van der Waals surface area contributed by atoms with Gasteiger partial charge in [0.2, 0.25) is 0 Å². The van der Waals surface area contributed by atoms with Crippen molar-refractivity contribution in [2.24, 2.45) is 7.05 Å². The van der Waals surface area contributed by atoms with Crippen LogP contribution in [0.1, 0.15) is 27.4 Å². The molecule has 0 aliphatic carbocycles. The van der Waals surface area contributed by atoms with Crippen molar-refractivity contribution < 1.29 is 9.90 Å². The fourth-order valence-electron chi connectivity index (χ4n) is 2.24. The molecule has 1 atom stereocenters. The summed E-state index contributed by atoms with van der Waals surface area (Å²) in [4.78, 5) is 15.1. The van der Waals surface area contributed by atoms with Crippen LogP contribution in [0.5, 0.6) is 0 Å². The molecule has 2 N–H and O–H groups in total. The molecule has 2 aromatic heterocycles. The summed E-state index contributed by atoms with van der Waals surface area (Å²) in [5.74, 6) is -0.0866. The number of rotatable bonds is 2. The first-order valence-electron chi connectivity index (χ1n) is 5.61. The number of hydrogen-bond donors (Lipinski definition) is 2. The number of anilines is 1. The van der Waals surface area contributed by atoms with E-state index in [0.717, 1.165) is 23.5 Å². The minimum atomic E-state index is -0.956. The molecule has 2 aromatic rings.